The number of allylic oxidation sites excluding steroid dienone is 2. The first-order chi connectivity index (χ1) is 12.1. The fourth-order valence-corrected chi connectivity index (χ4v) is 4.26. The van der Waals surface area contributed by atoms with E-state index in [-0.39, 0.29) is 12.1 Å². The Kier molecular flexibility index (Phi) is 4.45. The fourth-order valence-electron chi connectivity index (χ4n) is 3.53. The Bertz CT molecular complexity index is 923. The summed E-state index contributed by atoms with van der Waals surface area (Å²) < 4.78 is 0.927. The lowest BCUT2D eigenvalue weighted by Gasteiger charge is -2.38. The fraction of sp³-hybridized carbons (Fsp3) is 0.389. The van der Waals surface area contributed by atoms with Crippen LogP contribution in [0.2, 0.25) is 0 Å². The molecule has 0 saturated heterocycles. The van der Waals surface area contributed by atoms with E-state index in [4.69, 9.17) is 10.1 Å². The van der Waals surface area contributed by atoms with Crippen LogP contribution in [0.25, 0.3) is 5.70 Å². The Hall–Kier alpha value is -1.60. The van der Waals surface area contributed by atoms with Crippen LogP contribution in [-0.2, 0) is 4.79 Å². The number of thioether (sulfide) groups is 1. The standard InChI is InChI=1S/C18H19BrN4OS/c1-10-3-5-11(6-4-10)16-20-14-8-7-12(19)9-13(14)15-17(24)21-18(25-2)22-23(15)16/h3,7-9,11,16H,4-6H2,1-2H3,(H,21,22,24)/t11-,16+/m1/s1. The third kappa shape index (κ3) is 3.04. The lowest BCUT2D eigenvalue weighted by atomic mass is 9.87. The van der Waals surface area contributed by atoms with Crippen LogP contribution >= 0.6 is 27.7 Å². The van der Waals surface area contributed by atoms with Crippen LogP contribution in [-0.4, -0.2) is 28.5 Å². The molecule has 0 radical (unpaired) electrons. The molecule has 0 bridgehead atoms. The highest BCUT2D eigenvalue weighted by atomic mass is 79.9. The molecule has 1 aromatic carbocycles. The van der Waals surface area contributed by atoms with E-state index in [9.17, 15) is 4.79 Å². The van der Waals surface area contributed by atoms with Gasteiger partial charge in [0.05, 0.1) is 5.36 Å². The number of hydrazone groups is 1. The number of carbonyl (C=O) groups is 1. The van der Waals surface area contributed by atoms with Gasteiger partial charge in [-0.1, -0.05) is 39.3 Å². The van der Waals surface area contributed by atoms with E-state index in [0.29, 0.717) is 16.8 Å². The second-order valence-electron chi connectivity index (χ2n) is 6.55. The Balaban J connectivity index is 1.89. The van der Waals surface area contributed by atoms with Gasteiger partial charge in [0.2, 0.25) is 0 Å². The van der Waals surface area contributed by atoms with Gasteiger partial charge in [-0.3, -0.25) is 15.1 Å². The van der Waals surface area contributed by atoms with Crippen molar-refractivity contribution >= 4 is 44.5 Å². The molecular formula is C18H19BrN4OS. The molecule has 1 aromatic rings. The summed E-state index contributed by atoms with van der Waals surface area (Å²) in [6.07, 6.45) is 7.19. The average Bonchev–Trinajstić information content (AvgIpc) is 2.61. The Labute approximate surface area is 159 Å². The lowest BCUT2D eigenvalue weighted by molar-refractivity contribution is -0.116. The quantitative estimate of drug-likeness (QED) is 0.711. The number of nitrogens with zero attached hydrogens (tertiary/aromatic N) is 3. The van der Waals surface area contributed by atoms with Crippen molar-refractivity contribution in [3.63, 3.8) is 0 Å². The molecule has 0 unspecified atom stereocenters. The smallest absolute Gasteiger partial charge is 0.276 e. The number of benzene rings is 1. The van der Waals surface area contributed by atoms with Crippen molar-refractivity contribution in [2.75, 3.05) is 6.26 Å². The van der Waals surface area contributed by atoms with Crippen molar-refractivity contribution in [3.8, 4) is 0 Å². The number of amides is 1. The molecule has 2 heterocycles. The van der Waals surface area contributed by atoms with Crippen molar-refractivity contribution in [1.29, 1.82) is 0 Å². The van der Waals surface area contributed by atoms with E-state index in [1.165, 1.54) is 17.3 Å². The maximum Gasteiger partial charge on any atom is 0.276 e. The van der Waals surface area contributed by atoms with Gasteiger partial charge in [0.15, 0.2) is 5.17 Å². The summed E-state index contributed by atoms with van der Waals surface area (Å²) in [6.45, 7) is 2.18. The minimum absolute atomic E-state index is 0.110. The van der Waals surface area contributed by atoms with E-state index < -0.39 is 0 Å². The summed E-state index contributed by atoms with van der Waals surface area (Å²) in [5, 5.41) is 11.7. The van der Waals surface area contributed by atoms with Crippen molar-refractivity contribution < 1.29 is 4.79 Å². The monoisotopic (exact) mass is 418 g/mol. The minimum Gasteiger partial charge on any atom is -0.298 e. The third-order valence-corrected chi connectivity index (χ3v) is 5.96. The van der Waals surface area contributed by atoms with Crippen molar-refractivity contribution in [2.45, 2.75) is 32.4 Å². The second-order valence-corrected chi connectivity index (χ2v) is 8.26. The SMILES string of the molecule is CSC1=NN2C(=c3cc(Br)ccc3=N[C@@H]2[C@@H]2CC=C(C)CC2)C(=O)N1. The van der Waals surface area contributed by atoms with Crippen LogP contribution in [0, 0.1) is 5.92 Å². The summed E-state index contributed by atoms with van der Waals surface area (Å²) >= 11 is 4.94. The molecule has 0 aromatic heterocycles. The predicted octanol–water partition coefficient (Wildman–Crippen LogP) is 2.33. The highest BCUT2D eigenvalue weighted by Gasteiger charge is 2.37. The van der Waals surface area contributed by atoms with Gasteiger partial charge < -0.3 is 0 Å². The number of carbonyl (C=O) groups excluding carboxylic acids is 1. The summed E-state index contributed by atoms with van der Waals surface area (Å²) in [7, 11) is 0. The number of nitrogens with one attached hydrogen (secondary N) is 1. The zero-order valence-electron chi connectivity index (χ0n) is 14.1. The van der Waals surface area contributed by atoms with Gasteiger partial charge in [0.1, 0.15) is 11.9 Å². The molecule has 1 aliphatic carbocycles. The molecule has 0 saturated carbocycles. The number of halogens is 1. The molecule has 3 aliphatic rings. The largest absolute Gasteiger partial charge is 0.298 e. The Morgan fingerprint density at radius 1 is 1.40 bits per heavy atom. The number of hydrogen-bond acceptors (Lipinski definition) is 5. The molecular weight excluding hydrogens is 400 g/mol. The molecule has 0 spiro atoms. The predicted molar refractivity (Wildman–Crippen MR) is 104 cm³/mol. The summed E-state index contributed by atoms with van der Waals surface area (Å²) in [5.74, 6) is 0.245. The third-order valence-electron chi connectivity index (χ3n) is 4.89. The summed E-state index contributed by atoms with van der Waals surface area (Å²) in [5.41, 5.74) is 2.03. The first-order valence-corrected chi connectivity index (χ1v) is 10.3. The maximum atomic E-state index is 12.8. The lowest BCUT2D eigenvalue weighted by Crippen LogP contribution is -2.54. The molecule has 1 amide bonds. The number of amidine groups is 1. The first-order valence-electron chi connectivity index (χ1n) is 8.33. The normalized spacial score (nSPS) is 25.3. The zero-order chi connectivity index (χ0) is 17.6. The molecule has 7 heteroatoms. The summed E-state index contributed by atoms with van der Waals surface area (Å²) in [4.78, 5) is 17.8. The van der Waals surface area contributed by atoms with Gasteiger partial charge in [-0.2, -0.15) is 0 Å². The highest BCUT2D eigenvalue weighted by Crippen LogP contribution is 2.32. The second kappa shape index (κ2) is 6.61. The minimum atomic E-state index is -0.138. The molecule has 2 aliphatic heterocycles. The molecule has 1 N–H and O–H groups in total. The van der Waals surface area contributed by atoms with Crippen LogP contribution in [0.15, 0.2) is 44.4 Å². The van der Waals surface area contributed by atoms with Gasteiger partial charge in [0.25, 0.3) is 5.91 Å². The summed E-state index contributed by atoms with van der Waals surface area (Å²) in [6, 6.07) is 5.89. The van der Waals surface area contributed by atoms with E-state index in [1.807, 2.05) is 29.5 Å². The van der Waals surface area contributed by atoms with Crippen molar-refractivity contribution in [2.24, 2.45) is 16.0 Å². The highest BCUT2D eigenvalue weighted by molar-refractivity contribution is 9.10. The number of rotatable bonds is 1. The van der Waals surface area contributed by atoms with Crippen LogP contribution in [0.5, 0.6) is 0 Å². The number of hydrogen-bond donors (Lipinski definition) is 1. The van der Waals surface area contributed by atoms with E-state index in [1.54, 1.807) is 0 Å². The van der Waals surface area contributed by atoms with Gasteiger partial charge in [-0.05, 0) is 50.6 Å². The van der Waals surface area contributed by atoms with Gasteiger partial charge >= 0.3 is 0 Å². The van der Waals surface area contributed by atoms with Gasteiger partial charge in [-0.25, -0.2) is 5.01 Å². The van der Waals surface area contributed by atoms with Crippen LogP contribution in [0.4, 0.5) is 0 Å². The van der Waals surface area contributed by atoms with Crippen LogP contribution in [0.1, 0.15) is 26.2 Å². The average molecular weight is 419 g/mol. The molecule has 0 fully saturated rings. The van der Waals surface area contributed by atoms with Gasteiger partial charge in [-0.15, -0.1) is 5.10 Å². The van der Waals surface area contributed by atoms with E-state index in [2.05, 4.69) is 34.2 Å². The van der Waals surface area contributed by atoms with E-state index >= 15 is 0 Å². The topological polar surface area (TPSA) is 57.1 Å². The molecule has 4 rings (SSSR count). The molecule has 5 nitrogen and oxygen atoms in total. The Morgan fingerprint density at radius 3 is 2.96 bits per heavy atom. The molecule has 2 atom stereocenters. The Morgan fingerprint density at radius 2 is 2.24 bits per heavy atom. The molecule has 25 heavy (non-hydrogen) atoms. The van der Waals surface area contributed by atoms with Crippen LogP contribution in [0.3, 0.4) is 0 Å². The van der Waals surface area contributed by atoms with E-state index in [0.717, 1.165) is 34.3 Å². The van der Waals surface area contributed by atoms with Crippen LogP contribution < -0.4 is 15.9 Å². The van der Waals surface area contributed by atoms with Crippen molar-refractivity contribution in [1.82, 2.24) is 10.3 Å². The number of fused-ring (bicyclic) bond motifs is 2. The van der Waals surface area contributed by atoms with Gasteiger partial charge in [0, 0.05) is 15.6 Å². The van der Waals surface area contributed by atoms with Crippen molar-refractivity contribution in [3.05, 3.63) is 44.9 Å². The zero-order valence-corrected chi connectivity index (χ0v) is 16.5. The molecule has 130 valence electrons. The maximum absolute atomic E-state index is 12.8. The first kappa shape index (κ1) is 16.8.